The normalized spacial score (nSPS) is 17.4. The van der Waals surface area contributed by atoms with Crippen LogP contribution in [0.5, 0.6) is 0 Å². The molecule has 1 amide bonds. The average Bonchev–Trinajstić information content (AvgIpc) is 3.03. The fourth-order valence-corrected chi connectivity index (χ4v) is 3.75. The molecule has 1 saturated heterocycles. The van der Waals surface area contributed by atoms with Crippen molar-refractivity contribution in [2.24, 2.45) is 10.9 Å². The highest BCUT2D eigenvalue weighted by Crippen LogP contribution is 2.17. The number of halogens is 1. The minimum Gasteiger partial charge on any atom is -0.356 e. The van der Waals surface area contributed by atoms with Crippen LogP contribution in [0.25, 0.3) is 0 Å². The van der Waals surface area contributed by atoms with Crippen molar-refractivity contribution >= 4 is 45.7 Å². The molecular weight excluding hydrogens is 491 g/mol. The maximum absolute atomic E-state index is 12.2. The van der Waals surface area contributed by atoms with E-state index in [1.807, 2.05) is 23.1 Å². The molecule has 1 aliphatic heterocycles. The molecule has 0 spiro atoms. The molecule has 9 heteroatoms. The number of hydrogen-bond donors (Lipinski definition) is 2. The van der Waals surface area contributed by atoms with Gasteiger partial charge in [-0.05, 0) is 12.0 Å². The van der Waals surface area contributed by atoms with Crippen LogP contribution in [0.3, 0.4) is 0 Å². The van der Waals surface area contributed by atoms with Gasteiger partial charge in [0.15, 0.2) is 15.8 Å². The summed E-state index contributed by atoms with van der Waals surface area (Å²) in [6.45, 7) is 4.07. The molecule has 0 aromatic heterocycles. The van der Waals surface area contributed by atoms with Gasteiger partial charge in [-0.15, -0.1) is 24.0 Å². The van der Waals surface area contributed by atoms with Gasteiger partial charge in [0.25, 0.3) is 0 Å². The summed E-state index contributed by atoms with van der Waals surface area (Å²) in [5, 5.41) is 6.21. The van der Waals surface area contributed by atoms with Gasteiger partial charge in [0.05, 0.1) is 5.75 Å². The molecule has 1 heterocycles. The molecule has 0 saturated carbocycles. The van der Waals surface area contributed by atoms with E-state index in [2.05, 4.69) is 27.8 Å². The molecule has 1 unspecified atom stereocenters. The van der Waals surface area contributed by atoms with Crippen molar-refractivity contribution in [3.8, 4) is 0 Å². The van der Waals surface area contributed by atoms with E-state index in [9.17, 15) is 13.2 Å². The minimum absolute atomic E-state index is 0. The lowest BCUT2D eigenvalue weighted by molar-refractivity contribution is -0.127. The van der Waals surface area contributed by atoms with E-state index in [0.29, 0.717) is 25.5 Å². The molecule has 1 aromatic rings. The molecule has 1 atom stereocenters. The van der Waals surface area contributed by atoms with Crippen molar-refractivity contribution in [2.75, 3.05) is 44.7 Å². The van der Waals surface area contributed by atoms with Crippen LogP contribution in [-0.4, -0.2) is 69.9 Å². The first-order valence-electron chi connectivity index (χ1n) is 9.40. The van der Waals surface area contributed by atoms with Crippen molar-refractivity contribution in [3.05, 3.63) is 35.9 Å². The molecule has 0 aliphatic carbocycles. The Labute approximate surface area is 185 Å². The number of amides is 1. The monoisotopic (exact) mass is 522 g/mol. The Hall–Kier alpha value is -1.36. The Balaban J connectivity index is 0.00000392. The predicted molar refractivity (Wildman–Crippen MR) is 124 cm³/mol. The van der Waals surface area contributed by atoms with Gasteiger partial charge in [0.2, 0.25) is 5.91 Å². The maximum atomic E-state index is 12.2. The fraction of sp³-hybridized carbons (Fsp3) is 0.579. The number of carbonyl (C=O) groups excluding carboxylic acids is 1. The van der Waals surface area contributed by atoms with E-state index >= 15 is 0 Å². The molecule has 2 rings (SSSR count). The molecule has 28 heavy (non-hydrogen) atoms. The summed E-state index contributed by atoms with van der Waals surface area (Å²) in [7, 11) is -1.35. The SMILES string of the molecule is CCS(=O)(=O)CCNC(=NC)NCC1CC(=O)N(CCc2ccccc2)C1.I. The zero-order valence-electron chi connectivity index (χ0n) is 16.6. The van der Waals surface area contributed by atoms with E-state index in [0.717, 1.165) is 19.5 Å². The van der Waals surface area contributed by atoms with Crippen molar-refractivity contribution in [1.82, 2.24) is 15.5 Å². The van der Waals surface area contributed by atoms with Gasteiger partial charge in [0.1, 0.15) is 0 Å². The third-order valence-electron chi connectivity index (χ3n) is 4.73. The number of guanidine groups is 1. The summed E-state index contributed by atoms with van der Waals surface area (Å²) < 4.78 is 23.1. The van der Waals surface area contributed by atoms with Crippen LogP contribution in [0.1, 0.15) is 18.9 Å². The Bertz CT molecular complexity index is 741. The average molecular weight is 522 g/mol. The molecule has 0 radical (unpaired) electrons. The van der Waals surface area contributed by atoms with Gasteiger partial charge in [0, 0.05) is 51.3 Å². The minimum atomic E-state index is -2.99. The second-order valence-corrected chi connectivity index (χ2v) is 9.23. The number of nitrogens with one attached hydrogen (secondary N) is 2. The zero-order chi connectivity index (χ0) is 19.7. The van der Waals surface area contributed by atoms with Gasteiger partial charge in [-0.1, -0.05) is 37.3 Å². The number of nitrogens with zero attached hydrogens (tertiary/aromatic N) is 2. The number of hydrogen-bond acceptors (Lipinski definition) is 4. The third kappa shape index (κ3) is 8.34. The summed E-state index contributed by atoms with van der Waals surface area (Å²) in [6, 6.07) is 10.2. The summed E-state index contributed by atoms with van der Waals surface area (Å²) in [4.78, 5) is 18.3. The Morgan fingerprint density at radius 2 is 1.96 bits per heavy atom. The summed E-state index contributed by atoms with van der Waals surface area (Å²) >= 11 is 0. The maximum Gasteiger partial charge on any atom is 0.223 e. The van der Waals surface area contributed by atoms with Crippen LogP contribution in [0.15, 0.2) is 35.3 Å². The van der Waals surface area contributed by atoms with Crippen molar-refractivity contribution in [2.45, 2.75) is 19.8 Å². The highest BCUT2D eigenvalue weighted by atomic mass is 127. The molecule has 158 valence electrons. The second kappa shape index (κ2) is 12.3. The molecule has 1 aliphatic rings. The zero-order valence-corrected chi connectivity index (χ0v) is 19.7. The van der Waals surface area contributed by atoms with E-state index in [1.165, 1.54) is 5.56 Å². The van der Waals surface area contributed by atoms with Gasteiger partial charge in [-0.3, -0.25) is 9.79 Å². The Morgan fingerprint density at radius 1 is 1.25 bits per heavy atom. The second-order valence-electron chi connectivity index (χ2n) is 6.76. The van der Waals surface area contributed by atoms with Crippen LogP contribution < -0.4 is 10.6 Å². The van der Waals surface area contributed by atoms with Crippen LogP contribution in [0.4, 0.5) is 0 Å². The fourth-order valence-electron chi connectivity index (χ4n) is 3.05. The Morgan fingerprint density at radius 3 is 2.61 bits per heavy atom. The first kappa shape index (κ1) is 24.7. The van der Waals surface area contributed by atoms with E-state index < -0.39 is 9.84 Å². The lowest BCUT2D eigenvalue weighted by Gasteiger charge is -2.18. The molecule has 1 aromatic carbocycles. The molecule has 1 fully saturated rings. The topological polar surface area (TPSA) is 90.9 Å². The largest absolute Gasteiger partial charge is 0.356 e. The quantitative estimate of drug-likeness (QED) is 0.290. The summed E-state index contributed by atoms with van der Waals surface area (Å²) in [5.74, 6) is 1.21. The van der Waals surface area contributed by atoms with Crippen LogP contribution in [0, 0.1) is 5.92 Å². The van der Waals surface area contributed by atoms with E-state index in [1.54, 1.807) is 14.0 Å². The van der Waals surface area contributed by atoms with Crippen LogP contribution in [-0.2, 0) is 21.1 Å². The van der Waals surface area contributed by atoms with E-state index in [-0.39, 0.29) is 47.3 Å². The number of carbonyl (C=O) groups is 1. The number of benzene rings is 1. The number of rotatable bonds is 9. The number of aliphatic imine (C=N–C) groups is 1. The highest BCUT2D eigenvalue weighted by molar-refractivity contribution is 14.0. The molecular formula is C19H31IN4O3S. The van der Waals surface area contributed by atoms with Crippen molar-refractivity contribution in [3.63, 3.8) is 0 Å². The molecule has 0 bridgehead atoms. The first-order valence-corrected chi connectivity index (χ1v) is 11.2. The predicted octanol–water partition coefficient (Wildman–Crippen LogP) is 1.30. The van der Waals surface area contributed by atoms with Gasteiger partial charge in [-0.25, -0.2) is 8.42 Å². The number of likely N-dealkylation sites (tertiary alicyclic amines) is 1. The Kier molecular flexibility index (Phi) is 10.8. The molecule has 2 N–H and O–H groups in total. The number of sulfone groups is 1. The smallest absolute Gasteiger partial charge is 0.223 e. The van der Waals surface area contributed by atoms with E-state index in [4.69, 9.17) is 0 Å². The van der Waals surface area contributed by atoms with Crippen molar-refractivity contribution in [1.29, 1.82) is 0 Å². The first-order chi connectivity index (χ1) is 12.9. The third-order valence-corrected chi connectivity index (χ3v) is 6.44. The van der Waals surface area contributed by atoms with Crippen LogP contribution >= 0.6 is 24.0 Å². The highest BCUT2D eigenvalue weighted by Gasteiger charge is 2.29. The standard InChI is InChI=1S/C19H30N4O3S.HI/c1-3-27(25,26)12-10-21-19(20-2)22-14-17-13-18(24)23(15-17)11-9-16-7-5-4-6-8-16;/h4-8,17H,3,9-15H2,1-2H3,(H2,20,21,22);1H. The lowest BCUT2D eigenvalue weighted by Crippen LogP contribution is -2.42. The van der Waals surface area contributed by atoms with Gasteiger partial charge >= 0.3 is 0 Å². The lowest BCUT2D eigenvalue weighted by atomic mass is 10.1. The van der Waals surface area contributed by atoms with Crippen molar-refractivity contribution < 1.29 is 13.2 Å². The summed E-state index contributed by atoms with van der Waals surface area (Å²) in [6.07, 6.45) is 1.39. The summed E-state index contributed by atoms with van der Waals surface area (Å²) in [5.41, 5.74) is 1.23. The van der Waals surface area contributed by atoms with Crippen LogP contribution in [0.2, 0.25) is 0 Å². The molecule has 7 nitrogen and oxygen atoms in total. The van der Waals surface area contributed by atoms with Gasteiger partial charge < -0.3 is 15.5 Å². The van der Waals surface area contributed by atoms with Gasteiger partial charge in [-0.2, -0.15) is 0 Å².